The maximum absolute atomic E-state index is 13.7. The Labute approximate surface area is 151 Å². The summed E-state index contributed by atoms with van der Waals surface area (Å²) in [5.41, 5.74) is 4.70. The maximum atomic E-state index is 13.7. The summed E-state index contributed by atoms with van der Waals surface area (Å²) in [6.07, 6.45) is 3.11. The van der Waals surface area contributed by atoms with Crippen molar-refractivity contribution in [2.45, 2.75) is 26.2 Å². The average molecular weight is 356 g/mol. The second-order valence-electron chi connectivity index (χ2n) is 6.37. The van der Waals surface area contributed by atoms with Crippen LogP contribution in [-0.4, -0.2) is 16.3 Å². The van der Waals surface area contributed by atoms with Gasteiger partial charge in [0.25, 0.3) is 0 Å². The first-order valence-corrected chi connectivity index (χ1v) is 8.90. The van der Waals surface area contributed by atoms with E-state index in [4.69, 9.17) is 16.7 Å². The largest absolute Gasteiger partial charge is 0.370 e. The predicted molar refractivity (Wildman–Crippen MR) is 100 cm³/mol. The molecule has 4 rings (SSSR count). The SMILES string of the molecule is Cc1c(Cl)cccc1-n1nc(-c2cccc(F)c2)c2c1NCCCC2. The predicted octanol–water partition coefficient (Wildman–Crippen LogP) is 5.39. The van der Waals surface area contributed by atoms with Crippen LogP contribution in [0.2, 0.25) is 5.02 Å². The van der Waals surface area contributed by atoms with Crippen molar-refractivity contribution in [3.05, 3.63) is 64.4 Å². The number of halogens is 2. The van der Waals surface area contributed by atoms with Gasteiger partial charge in [-0.1, -0.05) is 29.8 Å². The third-order valence-electron chi connectivity index (χ3n) is 4.69. The molecule has 5 heteroatoms. The Balaban J connectivity index is 1.95. The van der Waals surface area contributed by atoms with Crippen LogP contribution in [0, 0.1) is 12.7 Å². The first-order valence-electron chi connectivity index (χ1n) is 8.52. The molecule has 1 aliphatic heterocycles. The first kappa shape index (κ1) is 16.2. The molecular weight excluding hydrogens is 337 g/mol. The van der Waals surface area contributed by atoms with E-state index < -0.39 is 0 Å². The van der Waals surface area contributed by atoms with Gasteiger partial charge in [-0.2, -0.15) is 5.10 Å². The van der Waals surface area contributed by atoms with Crippen LogP contribution in [-0.2, 0) is 6.42 Å². The molecule has 128 valence electrons. The summed E-state index contributed by atoms with van der Waals surface area (Å²) in [5, 5.41) is 9.06. The van der Waals surface area contributed by atoms with Crippen molar-refractivity contribution in [3.63, 3.8) is 0 Å². The molecule has 0 fully saturated rings. The van der Waals surface area contributed by atoms with Gasteiger partial charge in [0.1, 0.15) is 11.6 Å². The second-order valence-corrected chi connectivity index (χ2v) is 6.77. The molecule has 0 atom stereocenters. The van der Waals surface area contributed by atoms with Crippen molar-refractivity contribution < 1.29 is 4.39 Å². The lowest BCUT2D eigenvalue weighted by molar-refractivity contribution is 0.628. The van der Waals surface area contributed by atoms with Crippen molar-refractivity contribution in [2.75, 3.05) is 11.9 Å². The van der Waals surface area contributed by atoms with Gasteiger partial charge in [-0.3, -0.25) is 0 Å². The number of benzene rings is 2. The summed E-state index contributed by atoms with van der Waals surface area (Å²) in [5.74, 6) is 0.739. The standard InChI is InChI=1S/C20H19ClFN3/c1-13-17(21)9-5-10-18(13)25-20-16(8-2-3-11-23-20)19(24-25)14-6-4-7-15(22)12-14/h4-7,9-10,12,23H,2-3,8,11H2,1H3. The molecule has 0 aliphatic carbocycles. The lowest BCUT2D eigenvalue weighted by atomic mass is 10.0. The molecule has 25 heavy (non-hydrogen) atoms. The number of nitrogens with one attached hydrogen (secondary N) is 1. The Kier molecular flexibility index (Phi) is 4.22. The molecule has 1 aliphatic rings. The summed E-state index contributed by atoms with van der Waals surface area (Å²) >= 11 is 6.31. The summed E-state index contributed by atoms with van der Waals surface area (Å²) < 4.78 is 15.7. The normalized spacial score (nSPS) is 13.9. The molecule has 0 unspecified atom stereocenters. The van der Waals surface area contributed by atoms with Crippen LogP contribution >= 0.6 is 11.6 Å². The van der Waals surface area contributed by atoms with Crippen molar-refractivity contribution in [3.8, 4) is 16.9 Å². The Hall–Kier alpha value is -2.33. The molecule has 1 aromatic heterocycles. The summed E-state index contributed by atoms with van der Waals surface area (Å²) in [6.45, 7) is 2.89. The van der Waals surface area contributed by atoms with Gasteiger partial charge in [-0.25, -0.2) is 9.07 Å². The summed E-state index contributed by atoms with van der Waals surface area (Å²) in [7, 11) is 0. The van der Waals surface area contributed by atoms with Gasteiger partial charge in [0.15, 0.2) is 0 Å². The van der Waals surface area contributed by atoms with Crippen LogP contribution < -0.4 is 5.32 Å². The molecule has 0 radical (unpaired) electrons. The molecule has 3 nitrogen and oxygen atoms in total. The minimum atomic E-state index is -0.249. The average Bonchev–Trinajstić information content (AvgIpc) is 2.79. The Morgan fingerprint density at radius 2 is 2.00 bits per heavy atom. The highest BCUT2D eigenvalue weighted by Crippen LogP contribution is 2.35. The monoisotopic (exact) mass is 355 g/mol. The number of hydrogen-bond donors (Lipinski definition) is 1. The molecule has 0 spiro atoms. The van der Waals surface area contributed by atoms with E-state index >= 15 is 0 Å². The molecule has 2 heterocycles. The van der Waals surface area contributed by atoms with Crippen LogP contribution in [0.15, 0.2) is 42.5 Å². The van der Waals surface area contributed by atoms with E-state index in [2.05, 4.69) is 5.32 Å². The van der Waals surface area contributed by atoms with E-state index in [-0.39, 0.29) is 5.82 Å². The molecule has 0 saturated heterocycles. The minimum Gasteiger partial charge on any atom is -0.370 e. The first-order chi connectivity index (χ1) is 12.1. The fourth-order valence-corrected chi connectivity index (χ4v) is 3.54. The number of hydrogen-bond acceptors (Lipinski definition) is 2. The highest BCUT2D eigenvalue weighted by Gasteiger charge is 2.22. The van der Waals surface area contributed by atoms with Gasteiger partial charge in [0.2, 0.25) is 0 Å². The summed E-state index contributed by atoms with van der Waals surface area (Å²) in [6, 6.07) is 12.5. The van der Waals surface area contributed by atoms with Gasteiger partial charge in [-0.15, -0.1) is 0 Å². The van der Waals surface area contributed by atoms with E-state index in [0.717, 1.165) is 59.7 Å². The quantitative estimate of drug-likeness (QED) is 0.668. The molecule has 3 aromatic rings. The van der Waals surface area contributed by atoms with E-state index in [0.29, 0.717) is 5.02 Å². The zero-order valence-electron chi connectivity index (χ0n) is 14.0. The second kappa shape index (κ2) is 6.52. The van der Waals surface area contributed by atoms with Crippen LogP contribution in [0.4, 0.5) is 10.2 Å². The van der Waals surface area contributed by atoms with Gasteiger partial charge < -0.3 is 5.32 Å². The number of aromatic nitrogens is 2. The molecule has 0 amide bonds. The Bertz CT molecular complexity index is 933. The van der Waals surface area contributed by atoms with E-state index in [1.165, 1.54) is 6.07 Å². The zero-order chi connectivity index (χ0) is 17.4. The van der Waals surface area contributed by atoms with E-state index in [1.807, 2.05) is 35.9 Å². The van der Waals surface area contributed by atoms with Crippen LogP contribution in [0.1, 0.15) is 24.0 Å². The molecular formula is C20H19ClFN3. The number of fused-ring (bicyclic) bond motifs is 1. The van der Waals surface area contributed by atoms with Gasteiger partial charge in [-0.05, 0) is 56.0 Å². The number of rotatable bonds is 2. The van der Waals surface area contributed by atoms with Gasteiger partial charge >= 0.3 is 0 Å². The third-order valence-corrected chi connectivity index (χ3v) is 5.10. The van der Waals surface area contributed by atoms with E-state index in [9.17, 15) is 4.39 Å². The lowest BCUT2D eigenvalue weighted by Gasteiger charge is -2.12. The number of nitrogens with zero attached hydrogens (tertiary/aromatic N) is 2. The van der Waals surface area contributed by atoms with E-state index in [1.54, 1.807) is 12.1 Å². The maximum Gasteiger partial charge on any atom is 0.133 e. The topological polar surface area (TPSA) is 29.9 Å². The van der Waals surface area contributed by atoms with Crippen molar-refractivity contribution in [1.82, 2.24) is 9.78 Å². The highest BCUT2D eigenvalue weighted by atomic mass is 35.5. The molecule has 2 aromatic carbocycles. The lowest BCUT2D eigenvalue weighted by Crippen LogP contribution is -2.08. The van der Waals surface area contributed by atoms with Crippen molar-refractivity contribution >= 4 is 17.4 Å². The Morgan fingerprint density at radius 1 is 1.16 bits per heavy atom. The summed E-state index contributed by atoms with van der Waals surface area (Å²) in [4.78, 5) is 0. The molecule has 1 N–H and O–H groups in total. The zero-order valence-corrected chi connectivity index (χ0v) is 14.8. The van der Waals surface area contributed by atoms with Gasteiger partial charge in [0.05, 0.1) is 11.4 Å². The fraction of sp³-hybridized carbons (Fsp3) is 0.250. The van der Waals surface area contributed by atoms with Crippen molar-refractivity contribution in [1.29, 1.82) is 0 Å². The smallest absolute Gasteiger partial charge is 0.133 e. The van der Waals surface area contributed by atoms with Crippen LogP contribution in [0.5, 0.6) is 0 Å². The fourth-order valence-electron chi connectivity index (χ4n) is 3.37. The van der Waals surface area contributed by atoms with Crippen LogP contribution in [0.25, 0.3) is 16.9 Å². The highest BCUT2D eigenvalue weighted by molar-refractivity contribution is 6.31. The number of anilines is 1. The molecule has 0 bridgehead atoms. The minimum absolute atomic E-state index is 0.249. The van der Waals surface area contributed by atoms with Crippen molar-refractivity contribution in [2.24, 2.45) is 0 Å². The van der Waals surface area contributed by atoms with Crippen LogP contribution in [0.3, 0.4) is 0 Å². The van der Waals surface area contributed by atoms with Gasteiger partial charge in [0, 0.05) is 22.7 Å². The third kappa shape index (κ3) is 2.91. The molecule has 0 saturated carbocycles. The Morgan fingerprint density at radius 3 is 2.84 bits per heavy atom.